The lowest BCUT2D eigenvalue weighted by Gasteiger charge is -2.37. The van der Waals surface area contributed by atoms with Crippen molar-refractivity contribution in [2.45, 2.75) is 46.6 Å². The molecule has 2 atom stereocenters. The van der Waals surface area contributed by atoms with Crippen LogP contribution in [0.5, 0.6) is 0 Å². The van der Waals surface area contributed by atoms with Gasteiger partial charge < -0.3 is 9.47 Å². The minimum absolute atomic E-state index is 0.111. The molecule has 4 heteroatoms. The Morgan fingerprint density at radius 1 is 1.39 bits per heavy atom. The Bertz CT molecular complexity index is 370. The van der Waals surface area contributed by atoms with Crippen molar-refractivity contribution in [1.82, 2.24) is 0 Å². The minimum atomic E-state index is -1.18. The molecule has 0 saturated carbocycles. The Hall–Kier alpha value is -1.32. The lowest BCUT2D eigenvalue weighted by atomic mass is 9.67. The molecule has 0 saturated heterocycles. The standard InChI is InChI=1S/C14H22O4/c1-9(2)18-13(16)14(12(15)17-5)8-10(3)6-7-11(14)4/h6,9,11H,7-8H2,1-5H3/t11-,14+/m0/s1. The van der Waals surface area contributed by atoms with Crippen molar-refractivity contribution in [1.29, 1.82) is 0 Å². The fourth-order valence-electron chi connectivity index (χ4n) is 2.40. The quantitative estimate of drug-likeness (QED) is 0.441. The summed E-state index contributed by atoms with van der Waals surface area (Å²) in [5.41, 5.74) is -0.156. The molecule has 0 heterocycles. The first-order chi connectivity index (χ1) is 8.34. The number of hydrogen-bond acceptors (Lipinski definition) is 4. The Morgan fingerprint density at radius 2 is 2.00 bits per heavy atom. The van der Waals surface area contributed by atoms with E-state index in [-0.39, 0.29) is 12.0 Å². The summed E-state index contributed by atoms with van der Waals surface area (Å²) < 4.78 is 10.1. The second-order valence-electron chi connectivity index (χ2n) is 5.28. The van der Waals surface area contributed by atoms with Crippen LogP contribution in [0.4, 0.5) is 0 Å². The first kappa shape index (κ1) is 14.7. The van der Waals surface area contributed by atoms with Gasteiger partial charge in [0.15, 0.2) is 5.41 Å². The average molecular weight is 254 g/mol. The highest BCUT2D eigenvalue weighted by Crippen LogP contribution is 2.43. The minimum Gasteiger partial charge on any atom is -0.468 e. The highest BCUT2D eigenvalue weighted by atomic mass is 16.6. The molecular weight excluding hydrogens is 232 g/mol. The molecule has 1 aliphatic rings. The molecule has 4 nitrogen and oxygen atoms in total. The van der Waals surface area contributed by atoms with Gasteiger partial charge in [-0.25, -0.2) is 0 Å². The van der Waals surface area contributed by atoms with Gasteiger partial charge in [-0.2, -0.15) is 0 Å². The smallest absolute Gasteiger partial charge is 0.324 e. The lowest BCUT2D eigenvalue weighted by Crippen LogP contribution is -2.48. The number of hydrogen-bond donors (Lipinski definition) is 0. The molecule has 0 spiro atoms. The average Bonchev–Trinajstić information content (AvgIpc) is 2.30. The predicted molar refractivity (Wildman–Crippen MR) is 67.8 cm³/mol. The van der Waals surface area contributed by atoms with E-state index >= 15 is 0 Å². The number of carbonyl (C=O) groups is 2. The summed E-state index contributed by atoms with van der Waals surface area (Å²) in [6, 6.07) is 0. The van der Waals surface area contributed by atoms with Gasteiger partial charge in [-0.1, -0.05) is 18.6 Å². The highest BCUT2D eigenvalue weighted by molar-refractivity contribution is 6.01. The number of rotatable bonds is 3. The fraction of sp³-hybridized carbons (Fsp3) is 0.714. The number of methoxy groups -OCH3 is 1. The van der Waals surface area contributed by atoms with Crippen molar-refractivity contribution < 1.29 is 19.1 Å². The lowest BCUT2D eigenvalue weighted by molar-refractivity contribution is -0.178. The Labute approximate surface area is 108 Å². The Morgan fingerprint density at radius 3 is 2.50 bits per heavy atom. The normalized spacial score (nSPS) is 27.7. The van der Waals surface area contributed by atoms with E-state index in [1.165, 1.54) is 7.11 Å². The topological polar surface area (TPSA) is 52.6 Å². The van der Waals surface area contributed by atoms with Crippen molar-refractivity contribution in [3.63, 3.8) is 0 Å². The molecule has 0 amide bonds. The zero-order valence-corrected chi connectivity index (χ0v) is 11.8. The molecule has 0 bridgehead atoms. The maximum absolute atomic E-state index is 12.3. The summed E-state index contributed by atoms with van der Waals surface area (Å²) >= 11 is 0. The monoisotopic (exact) mass is 254 g/mol. The molecule has 0 radical (unpaired) electrons. The van der Waals surface area contributed by atoms with Crippen LogP contribution in [0.3, 0.4) is 0 Å². The number of ether oxygens (including phenoxy) is 2. The van der Waals surface area contributed by atoms with E-state index in [1.807, 2.05) is 13.8 Å². The molecule has 1 rings (SSSR count). The van der Waals surface area contributed by atoms with Gasteiger partial charge in [-0.3, -0.25) is 9.59 Å². The van der Waals surface area contributed by atoms with Gasteiger partial charge in [-0.05, 0) is 39.5 Å². The van der Waals surface area contributed by atoms with Crippen molar-refractivity contribution in [2.75, 3.05) is 7.11 Å². The molecular formula is C14H22O4. The van der Waals surface area contributed by atoms with Gasteiger partial charge in [0.1, 0.15) is 0 Å². The molecule has 0 N–H and O–H groups in total. The molecule has 18 heavy (non-hydrogen) atoms. The van der Waals surface area contributed by atoms with Crippen LogP contribution in [0.15, 0.2) is 11.6 Å². The zero-order chi connectivity index (χ0) is 13.9. The Kier molecular flexibility index (Phi) is 4.54. The number of esters is 2. The van der Waals surface area contributed by atoms with Gasteiger partial charge in [-0.15, -0.1) is 0 Å². The first-order valence-electron chi connectivity index (χ1n) is 6.29. The van der Waals surface area contributed by atoms with Crippen LogP contribution in [-0.2, 0) is 19.1 Å². The molecule has 0 fully saturated rings. The van der Waals surface area contributed by atoms with Crippen LogP contribution in [0.1, 0.15) is 40.5 Å². The van der Waals surface area contributed by atoms with Crippen LogP contribution in [0, 0.1) is 11.3 Å². The highest BCUT2D eigenvalue weighted by Gasteiger charge is 2.54. The first-order valence-corrected chi connectivity index (χ1v) is 6.29. The summed E-state index contributed by atoms with van der Waals surface area (Å²) in [5.74, 6) is -1.07. The fourth-order valence-corrected chi connectivity index (χ4v) is 2.40. The van der Waals surface area contributed by atoms with Crippen molar-refractivity contribution in [3.8, 4) is 0 Å². The molecule has 0 aliphatic heterocycles. The van der Waals surface area contributed by atoms with E-state index in [2.05, 4.69) is 6.08 Å². The summed E-state index contributed by atoms with van der Waals surface area (Å²) in [6.07, 6.45) is 2.90. The number of allylic oxidation sites excluding steroid dienone is 2. The van der Waals surface area contributed by atoms with Crippen molar-refractivity contribution in [3.05, 3.63) is 11.6 Å². The van der Waals surface area contributed by atoms with Crippen LogP contribution in [-0.4, -0.2) is 25.2 Å². The molecule has 0 aromatic carbocycles. The maximum Gasteiger partial charge on any atom is 0.324 e. The van der Waals surface area contributed by atoms with Gasteiger partial charge >= 0.3 is 11.9 Å². The van der Waals surface area contributed by atoms with Crippen LogP contribution in [0.2, 0.25) is 0 Å². The van der Waals surface area contributed by atoms with Gasteiger partial charge in [0.05, 0.1) is 13.2 Å². The second kappa shape index (κ2) is 5.55. The van der Waals surface area contributed by atoms with Crippen molar-refractivity contribution in [2.24, 2.45) is 11.3 Å². The SMILES string of the molecule is COC(=O)[C@@]1(C(=O)OC(C)C)CC(C)=CC[C@@H]1C. The summed E-state index contributed by atoms with van der Waals surface area (Å²) in [6.45, 7) is 7.37. The predicted octanol–water partition coefficient (Wildman–Crippen LogP) is 2.47. The molecule has 0 aromatic heterocycles. The van der Waals surface area contributed by atoms with Gasteiger partial charge in [0.25, 0.3) is 0 Å². The van der Waals surface area contributed by atoms with Crippen LogP contribution < -0.4 is 0 Å². The molecule has 0 unspecified atom stereocenters. The summed E-state index contributed by atoms with van der Waals surface area (Å²) in [5, 5.41) is 0. The van der Waals surface area contributed by atoms with Crippen molar-refractivity contribution >= 4 is 11.9 Å². The summed E-state index contributed by atoms with van der Waals surface area (Å²) in [7, 11) is 1.31. The van der Waals surface area contributed by atoms with Crippen LogP contribution >= 0.6 is 0 Å². The maximum atomic E-state index is 12.3. The largest absolute Gasteiger partial charge is 0.468 e. The van der Waals surface area contributed by atoms with Gasteiger partial charge in [0, 0.05) is 0 Å². The number of carbonyl (C=O) groups excluding carboxylic acids is 2. The third kappa shape index (κ3) is 2.57. The third-order valence-corrected chi connectivity index (χ3v) is 3.48. The van der Waals surface area contributed by atoms with E-state index < -0.39 is 17.4 Å². The van der Waals surface area contributed by atoms with E-state index in [9.17, 15) is 9.59 Å². The van der Waals surface area contributed by atoms with E-state index in [0.29, 0.717) is 12.8 Å². The van der Waals surface area contributed by atoms with Gasteiger partial charge in [0.2, 0.25) is 0 Å². The molecule has 102 valence electrons. The molecule has 0 aromatic rings. The Balaban J connectivity index is 3.14. The third-order valence-electron chi connectivity index (χ3n) is 3.48. The zero-order valence-electron chi connectivity index (χ0n) is 11.8. The molecule has 1 aliphatic carbocycles. The van der Waals surface area contributed by atoms with E-state index in [0.717, 1.165) is 5.57 Å². The van der Waals surface area contributed by atoms with E-state index in [4.69, 9.17) is 9.47 Å². The second-order valence-corrected chi connectivity index (χ2v) is 5.28. The summed E-state index contributed by atoms with van der Waals surface area (Å²) in [4.78, 5) is 24.5. The van der Waals surface area contributed by atoms with E-state index in [1.54, 1.807) is 13.8 Å². The van der Waals surface area contributed by atoms with Crippen LogP contribution in [0.25, 0.3) is 0 Å².